The maximum absolute atomic E-state index is 11.8. The number of ether oxygens (including phenoxy) is 1. The zero-order valence-corrected chi connectivity index (χ0v) is 13.7. The molecule has 1 saturated heterocycles. The van der Waals surface area contributed by atoms with Gasteiger partial charge in [-0.1, -0.05) is 13.0 Å². The largest absolute Gasteiger partial charge is 0.535 e. The Hall–Kier alpha value is -1.18. The Morgan fingerprint density at radius 1 is 1.48 bits per heavy atom. The first-order valence-corrected chi connectivity index (χ1v) is 8.93. The molecule has 0 radical (unpaired) electrons. The summed E-state index contributed by atoms with van der Waals surface area (Å²) in [7, 11) is -0.883. The summed E-state index contributed by atoms with van der Waals surface area (Å²) in [6.45, 7) is 3.63. The molecule has 2 N–H and O–H groups in total. The number of carbonyl (C=O) groups is 1. The van der Waals surface area contributed by atoms with Crippen molar-refractivity contribution in [3.8, 4) is 5.75 Å². The highest BCUT2D eigenvalue weighted by Gasteiger charge is 2.54. The number of benzene rings is 1. The van der Waals surface area contributed by atoms with E-state index in [4.69, 9.17) is 9.39 Å². The van der Waals surface area contributed by atoms with Gasteiger partial charge in [-0.05, 0) is 36.3 Å². The molecule has 1 aliphatic carbocycles. The number of thioether (sulfide) groups is 1. The van der Waals surface area contributed by atoms with Crippen LogP contribution in [0.25, 0.3) is 0 Å². The lowest BCUT2D eigenvalue weighted by molar-refractivity contribution is 0.0690. The second kappa shape index (κ2) is 5.72. The Kier molecular flexibility index (Phi) is 3.82. The number of hydrogen-bond donors (Lipinski definition) is 2. The first-order valence-electron chi connectivity index (χ1n) is 8.05. The Bertz CT molecular complexity index is 646. The summed E-state index contributed by atoms with van der Waals surface area (Å²) < 4.78 is 11.0. The van der Waals surface area contributed by atoms with E-state index in [1.54, 1.807) is 11.8 Å². The molecule has 3 aliphatic rings. The molecule has 1 aromatic rings. The van der Waals surface area contributed by atoms with Gasteiger partial charge in [0.2, 0.25) is 0 Å². The van der Waals surface area contributed by atoms with Crippen molar-refractivity contribution in [3.63, 3.8) is 0 Å². The van der Waals surface area contributed by atoms with Crippen LogP contribution >= 0.6 is 11.8 Å². The van der Waals surface area contributed by atoms with Gasteiger partial charge in [-0.15, -0.1) is 11.8 Å². The minimum Gasteiger partial charge on any atom is -0.535 e. The van der Waals surface area contributed by atoms with Gasteiger partial charge >= 0.3 is 13.1 Å². The Morgan fingerprint density at radius 2 is 2.30 bits per heavy atom. The highest BCUT2D eigenvalue weighted by Crippen LogP contribution is 2.60. The van der Waals surface area contributed by atoms with Gasteiger partial charge in [0.05, 0.1) is 6.61 Å². The minimum absolute atomic E-state index is 0.122. The van der Waals surface area contributed by atoms with Crippen LogP contribution in [0.4, 0.5) is 0 Å². The maximum atomic E-state index is 11.8. The fraction of sp³-hybridized carbons (Fsp3) is 0.562. The van der Waals surface area contributed by atoms with E-state index in [0.717, 1.165) is 31.6 Å². The van der Waals surface area contributed by atoms with Crippen molar-refractivity contribution in [2.24, 2.45) is 5.92 Å². The Labute approximate surface area is 139 Å². The number of hydrogen-bond acceptors (Lipinski definition) is 5. The summed E-state index contributed by atoms with van der Waals surface area (Å²) in [6, 6.07) is 3.87. The van der Waals surface area contributed by atoms with Gasteiger partial charge in [0.25, 0.3) is 0 Å². The smallest absolute Gasteiger partial charge is 0.526 e. The van der Waals surface area contributed by atoms with Gasteiger partial charge in [0.1, 0.15) is 11.3 Å². The zero-order valence-electron chi connectivity index (χ0n) is 12.9. The summed E-state index contributed by atoms with van der Waals surface area (Å²) in [5, 5.41) is 19.9. The molecule has 0 amide bonds. The molecule has 1 saturated carbocycles. The van der Waals surface area contributed by atoms with Gasteiger partial charge in [-0.3, -0.25) is 0 Å². The highest BCUT2D eigenvalue weighted by molar-refractivity contribution is 8.00. The first kappa shape index (κ1) is 15.4. The van der Waals surface area contributed by atoms with Crippen molar-refractivity contribution in [1.29, 1.82) is 0 Å². The molecule has 4 atom stereocenters. The molecule has 2 heterocycles. The van der Waals surface area contributed by atoms with Gasteiger partial charge in [0, 0.05) is 22.6 Å². The van der Waals surface area contributed by atoms with E-state index < -0.39 is 13.1 Å². The van der Waals surface area contributed by atoms with Gasteiger partial charge in [-0.25, -0.2) is 4.79 Å². The molecule has 1 aromatic carbocycles. The zero-order chi connectivity index (χ0) is 16.1. The summed E-state index contributed by atoms with van der Waals surface area (Å²) in [5.41, 5.74) is 1.13. The second-order valence-corrected chi connectivity index (χ2v) is 8.04. The molecular weight excluding hydrogens is 315 g/mol. The predicted molar refractivity (Wildman–Crippen MR) is 87.4 cm³/mol. The second-order valence-electron chi connectivity index (χ2n) is 6.62. The molecule has 122 valence electrons. The van der Waals surface area contributed by atoms with Crippen LogP contribution < -0.4 is 4.65 Å². The molecule has 5 nitrogen and oxygen atoms in total. The van der Waals surface area contributed by atoms with Crippen LogP contribution in [0.3, 0.4) is 0 Å². The fourth-order valence-electron chi connectivity index (χ4n) is 3.62. The molecule has 4 rings (SSSR count). The number of carboxylic acids is 1. The van der Waals surface area contributed by atoms with Crippen LogP contribution in [-0.4, -0.2) is 41.7 Å². The number of carboxylic acid groups (broad SMARTS) is 1. The van der Waals surface area contributed by atoms with Crippen molar-refractivity contribution >= 4 is 24.8 Å². The van der Waals surface area contributed by atoms with E-state index >= 15 is 0 Å². The first-order chi connectivity index (χ1) is 11.1. The summed E-state index contributed by atoms with van der Waals surface area (Å²) >= 11 is 1.56. The minimum atomic E-state index is -0.995. The topological polar surface area (TPSA) is 76.0 Å². The van der Waals surface area contributed by atoms with Crippen LogP contribution in [0, 0.1) is 5.92 Å². The van der Waals surface area contributed by atoms with Crippen LogP contribution in [0.15, 0.2) is 17.0 Å². The third kappa shape index (κ3) is 2.64. The normalized spacial score (nSPS) is 29.5. The molecular formula is C16H19BO5S. The molecule has 0 unspecified atom stereocenters. The molecule has 0 bridgehead atoms. The summed E-state index contributed by atoms with van der Waals surface area (Å²) in [6.07, 6.45) is 1.88. The number of rotatable bonds is 4. The van der Waals surface area contributed by atoms with E-state index in [-0.39, 0.29) is 22.5 Å². The molecule has 2 fully saturated rings. The van der Waals surface area contributed by atoms with Crippen LogP contribution in [-0.2, 0) is 4.74 Å². The van der Waals surface area contributed by atoms with Crippen molar-refractivity contribution in [2.75, 3.05) is 13.2 Å². The van der Waals surface area contributed by atoms with E-state index in [2.05, 4.69) is 6.92 Å². The molecule has 2 aliphatic heterocycles. The van der Waals surface area contributed by atoms with Crippen LogP contribution in [0.5, 0.6) is 5.75 Å². The molecule has 7 heteroatoms. The van der Waals surface area contributed by atoms with E-state index in [1.807, 2.05) is 12.1 Å². The van der Waals surface area contributed by atoms with E-state index in [0.29, 0.717) is 16.6 Å². The fourth-order valence-corrected chi connectivity index (χ4v) is 4.87. The Balaban J connectivity index is 1.67. The summed E-state index contributed by atoms with van der Waals surface area (Å²) in [4.78, 5) is 12.5. The van der Waals surface area contributed by atoms with Gasteiger partial charge in [0.15, 0.2) is 0 Å². The van der Waals surface area contributed by atoms with Crippen molar-refractivity contribution in [1.82, 2.24) is 0 Å². The van der Waals surface area contributed by atoms with E-state index in [1.165, 1.54) is 0 Å². The molecule has 0 aromatic heterocycles. The van der Waals surface area contributed by atoms with Crippen molar-refractivity contribution in [3.05, 3.63) is 23.3 Å². The van der Waals surface area contributed by atoms with Gasteiger partial charge in [-0.2, -0.15) is 0 Å². The standard InChI is InChI=1S/C16H19BO5S/c1-8(9-4-5-21-7-9)23-13-3-2-10-11-6-12(11)17(20)22-15(10)14(13)16(18)19/h2-3,8-9,11-12,20H,4-7H2,1H3,(H,18,19)/t8-,9-,11+,12+/m0/s1. The maximum Gasteiger partial charge on any atom is 0.526 e. The monoisotopic (exact) mass is 334 g/mol. The lowest BCUT2D eigenvalue weighted by Gasteiger charge is -2.24. The molecule has 23 heavy (non-hydrogen) atoms. The van der Waals surface area contributed by atoms with Gasteiger partial charge < -0.3 is 19.5 Å². The van der Waals surface area contributed by atoms with Crippen molar-refractivity contribution in [2.45, 2.75) is 41.6 Å². The predicted octanol–water partition coefficient (Wildman–Crippen LogP) is 2.63. The van der Waals surface area contributed by atoms with Crippen molar-refractivity contribution < 1.29 is 24.3 Å². The molecule has 0 spiro atoms. The number of fused-ring (bicyclic) bond motifs is 3. The quantitative estimate of drug-likeness (QED) is 0.651. The Morgan fingerprint density at radius 3 is 3.00 bits per heavy atom. The van der Waals surface area contributed by atoms with E-state index in [9.17, 15) is 14.9 Å². The lowest BCUT2D eigenvalue weighted by Crippen LogP contribution is -2.27. The van der Waals surface area contributed by atoms with Crippen LogP contribution in [0.1, 0.15) is 41.6 Å². The van der Waals surface area contributed by atoms with Crippen LogP contribution in [0.2, 0.25) is 5.82 Å². The SMILES string of the molecule is C[C@H](Sc1ccc2c(c1C(=O)O)OB(O)[C@@H]1C[C@H]21)[C@H]1CCOC1. The number of aromatic carboxylic acids is 1. The third-order valence-corrected chi connectivity index (χ3v) is 6.50. The third-order valence-electron chi connectivity index (χ3n) is 5.15. The summed E-state index contributed by atoms with van der Waals surface area (Å²) in [5.74, 6) is 0.176. The lowest BCUT2D eigenvalue weighted by atomic mass is 9.77. The highest BCUT2D eigenvalue weighted by atomic mass is 32.2. The average Bonchev–Trinajstić information content (AvgIpc) is 3.13. The average molecular weight is 334 g/mol.